The molecule has 21 heavy (non-hydrogen) atoms. The molecule has 0 amide bonds. The maximum Gasteiger partial charge on any atom is 0.216 e. The smallest absolute Gasteiger partial charge is 0.216 e. The molecule has 0 saturated carbocycles. The van der Waals surface area contributed by atoms with Crippen LogP contribution in [0.15, 0.2) is 47.1 Å². The van der Waals surface area contributed by atoms with Gasteiger partial charge >= 0.3 is 0 Å². The third-order valence-corrected chi connectivity index (χ3v) is 4.48. The summed E-state index contributed by atoms with van der Waals surface area (Å²) < 4.78 is 32.2. The molecule has 1 heterocycles. The number of hydrogen-bond acceptors (Lipinski definition) is 4. The lowest BCUT2D eigenvalue weighted by atomic mass is 10.1. The Hall–Kier alpha value is -1.63. The molecule has 0 spiro atoms. The molecular weight excluding hydrogens is 288 g/mol. The summed E-state index contributed by atoms with van der Waals surface area (Å²) in [5.41, 5.74) is 1.83. The first-order valence-corrected chi connectivity index (χ1v) is 8.41. The minimum atomic E-state index is -3.42. The summed E-state index contributed by atoms with van der Waals surface area (Å²) in [5.74, 6) is 0.554. The Labute approximate surface area is 125 Å². The summed E-state index contributed by atoms with van der Waals surface area (Å²) in [5, 5.41) is 3.05. The van der Waals surface area contributed by atoms with Gasteiger partial charge in [-0.05, 0) is 37.2 Å². The molecule has 1 aromatic heterocycles. The molecule has 2 aromatic rings. The van der Waals surface area contributed by atoms with Crippen molar-refractivity contribution in [2.45, 2.75) is 25.3 Å². The molecule has 2 rings (SSSR count). The van der Waals surface area contributed by atoms with Crippen molar-refractivity contribution >= 4 is 10.0 Å². The summed E-state index contributed by atoms with van der Waals surface area (Å²) in [7, 11) is -1.56. The zero-order chi connectivity index (χ0) is 15.3. The van der Waals surface area contributed by atoms with Gasteiger partial charge in [0.1, 0.15) is 5.76 Å². The molecule has 0 aliphatic rings. The molecule has 1 atom stereocenters. The predicted molar refractivity (Wildman–Crippen MR) is 82.1 cm³/mol. The van der Waals surface area contributed by atoms with Crippen LogP contribution in [0.2, 0.25) is 0 Å². The molecule has 1 aromatic carbocycles. The number of nitrogens with one attached hydrogen (secondary N) is 2. The van der Waals surface area contributed by atoms with Gasteiger partial charge in [-0.1, -0.05) is 24.3 Å². The molecule has 0 fully saturated rings. The summed E-state index contributed by atoms with van der Waals surface area (Å²) in [6.45, 7) is 2.47. The Morgan fingerprint density at radius 2 is 1.95 bits per heavy atom. The number of benzene rings is 1. The van der Waals surface area contributed by atoms with Crippen molar-refractivity contribution in [3.05, 3.63) is 59.5 Å². The molecule has 6 heteroatoms. The first kappa shape index (κ1) is 15.8. The van der Waals surface area contributed by atoms with Crippen molar-refractivity contribution in [1.82, 2.24) is 10.0 Å². The summed E-state index contributed by atoms with van der Waals surface area (Å²) in [6.07, 6.45) is 1.53. The Balaban J connectivity index is 2.05. The van der Waals surface area contributed by atoms with E-state index in [4.69, 9.17) is 4.42 Å². The van der Waals surface area contributed by atoms with Gasteiger partial charge in [0, 0.05) is 6.54 Å². The zero-order valence-corrected chi connectivity index (χ0v) is 13.0. The van der Waals surface area contributed by atoms with Crippen LogP contribution in [0, 0.1) is 0 Å². The average Bonchev–Trinajstić information content (AvgIpc) is 2.92. The first-order chi connectivity index (χ1) is 10.00. The van der Waals surface area contributed by atoms with Crippen molar-refractivity contribution in [3.8, 4) is 0 Å². The predicted octanol–water partition coefficient (Wildman–Crippen LogP) is 2.18. The molecule has 0 radical (unpaired) electrons. The minimum Gasteiger partial charge on any atom is -0.468 e. The van der Waals surface area contributed by atoms with Crippen molar-refractivity contribution in [1.29, 1.82) is 0 Å². The highest BCUT2D eigenvalue weighted by atomic mass is 32.2. The van der Waals surface area contributed by atoms with E-state index in [1.165, 1.54) is 6.26 Å². The maximum absolute atomic E-state index is 12.2. The van der Waals surface area contributed by atoms with E-state index >= 15 is 0 Å². The number of rotatable bonds is 7. The average molecular weight is 308 g/mol. The van der Waals surface area contributed by atoms with Crippen LogP contribution in [0.1, 0.15) is 29.9 Å². The second-order valence-corrected chi connectivity index (χ2v) is 6.72. The topological polar surface area (TPSA) is 71.3 Å². The van der Waals surface area contributed by atoms with E-state index in [0.29, 0.717) is 12.3 Å². The lowest BCUT2D eigenvalue weighted by Gasteiger charge is -2.12. The standard InChI is InChI=1S/C15H20N2O3S/c1-12(15-7-4-8-20-15)17-21(18,19)11-14-6-3-5-13(9-14)10-16-2/h3-9,12,16-17H,10-11H2,1-2H3. The summed E-state index contributed by atoms with van der Waals surface area (Å²) in [6, 6.07) is 10.6. The van der Waals surface area contributed by atoms with Gasteiger partial charge in [-0.15, -0.1) is 0 Å². The quantitative estimate of drug-likeness (QED) is 0.822. The molecule has 1 unspecified atom stereocenters. The highest BCUT2D eigenvalue weighted by Crippen LogP contribution is 2.15. The number of sulfonamides is 1. The van der Waals surface area contributed by atoms with E-state index in [2.05, 4.69) is 10.0 Å². The van der Waals surface area contributed by atoms with Gasteiger partial charge in [-0.25, -0.2) is 13.1 Å². The maximum atomic E-state index is 12.2. The SMILES string of the molecule is CNCc1cccc(CS(=O)(=O)NC(C)c2ccco2)c1. The normalized spacial score (nSPS) is 13.2. The molecule has 0 aliphatic heterocycles. The fraction of sp³-hybridized carbons (Fsp3) is 0.333. The molecular formula is C15H20N2O3S. The van der Waals surface area contributed by atoms with Crippen LogP contribution in [-0.2, 0) is 22.3 Å². The molecule has 0 aliphatic carbocycles. The molecule has 0 saturated heterocycles. The summed E-state index contributed by atoms with van der Waals surface area (Å²) in [4.78, 5) is 0. The summed E-state index contributed by atoms with van der Waals surface area (Å²) >= 11 is 0. The highest BCUT2D eigenvalue weighted by molar-refractivity contribution is 7.88. The molecule has 114 valence electrons. The molecule has 5 nitrogen and oxygen atoms in total. The van der Waals surface area contributed by atoms with Crippen LogP contribution >= 0.6 is 0 Å². The van der Waals surface area contributed by atoms with Gasteiger partial charge in [-0.2, -0.15) is 0 Å². The fourth-order valence-electron chi connectivity index (χ4n) is 2.16. The van der Waals surface area contributed by atoms with Crippen LogP contribution in [0.4, 0.5) is 0 Å². The van der Waals surface area contributed by atoms with E-state index in [-0.39, 0.29) is 11.8 Å². The Bertz CT molecular complexity index is 666. The van der Waals surface area contributed by atoms with Gasteiger partial charge in [0.15, 0.2) is 0 Å². The third-order valence-electron chi connectivity index (χ3n) is 3.06. The second-order valence-electron chi connectivity index (χ2n) is 4.96. The molecule has 0 bridgehead atoms. The van der Waals surface area contributed by atoms with Gasteiger partial charge in [0.05, 0.1) is 18.1 Å². The third kappa shape index (κ3) is 4.70. The van der Waals surface area contributed by atoms with Crippen LogP contribution in [0.25, 0.3) is 0 Å². The first-order valence-electron chi connectivity index (χ1n) is 6.76. The molecule has 2 N–H and O–H groups in total. The van der Waals surface area contributed by atoms with Crippen molar-refractivity contribution in [2.24, 2.45) is 0 Å². The van der Waals surface area contributed by atoms with Crippen molar-refractivity contribution < 1.29 is 12.8 Å². The van der Waals surface area contributed by atoms with Gasteiger partial charge in [-0.3, -0.25) is 0 Å². The van der Waals surface area contributed by atoms with E-state index in [1.807, 2.05) is 31.3 Å². The Kier molecular flexibility index (Phi) is 5.17. The van der Waals surface area contributed by atoms with Gasteiger partial charge < -0.3 is 9.73 Å². The van der Waals surface area contributed by atoms with Gasteiger partial charge in [0.2, 0.25) is 10.0 Å². The van der Waals surface area contributed by atoms with Crippen LogP contribution < -0.4 is 10.0 Å². The monoisotopic (exact) mass is 308 g/mol. The van der Waals surface area contributed by atoms with Crippen LogP contribution in [-0.4, -0.2) is 15.5 Å². The van der Waals surface area contributed by atoms with E-state index in [0.717, 1.165) is 11.1 Å². The van der Waals surface area contributed by atoms with Crippen molar-refractivity contribution in [2.75, 3.05) is 7.05 Å². The van der Waals surface area contributed by atoms with Crippen molar-refractivity contribution in [3.63, 3.8) is 0 Å². The largest absolute Gasteiger partial charge is 0.468 e. The zero-order valence-electron chi connectivity index (χ0n) is 12.2. The fourth-order valence-corrected chi connectivity index (χ4v) is 3.52. The Morgan fingerprint density at radius 1 is 1.19 bits per heavy atom. The lowest BCUT2D eigenvalue weighted by Crippen LogP contribution is -2.27. The number of hydrogen-bond donors (Lipinski definition) is 2. The van der Waals surface area contributed by atoms with Crippen LogP contribution in [0.5, 0.6) is 0 Å². The van der Waals surface area contributed by atoms with Gasteiger partial charge in [0.25, 0.3) is 0 Å². The second kappa shape index (κ2) is 6.89. The minimum absolute atomic E-state index is 0.0460. The van der Waals surface area contributed by atoms with E-state index < -0.39 is 10.0 Å². The van der Waals surface area contributed by atoms with E-state index in [1.54, 1.807) is 19.1 Å². The van der Waals surface area contributed by atoms with E-state index in [9.17, 15) is 8.42 Å². The highest BCUT2D eigenvalue weighted by Gasteiger charge is 2.18. The lowest BCUT2D eigenvalue weighted by molar-refractivity contribution is 0.459. The van der Waals surface area contributed by atoms with Crippen LogP contribution in [0.3, 0.4) is 0 Å². The Morgan fingerprint density at radius 3 is 2.62 bits per heavy atom. The number of furan rings is 1.